The van der Waals surface area contributed by atoms with Gasteiger partial charge in [0.25, 0.3) is 5.91 Å². The first-order chi connectivity index (χ1) is 14.1. The SMILES string of the molecule is NC(=O)c1nnc(-c2ccccc2O)cc1-c1ccc(CN2CCNCC2)cc1. The summed E-state index contributed by atoms with van der Waals surface area (Å²) in [6.45, 7) is 4.98. The molecular weight excluding hydrogens is 366 g/mol. The molecule has 1 saturated heterocycles. The molecule has 7 nitrogen and oxygen atoms in total. The van der Waals surface area contributed by atoms with Gasteiger partial charge in [-0.1, -0.05) is 36.4 Å². The number of phenolic OH excluding ortho intramolecular Hbond substituents is 1. The van der Waals surface area contributed by atoms with Crippen LogP contribution in [0.15, 0.2) is 54.6 Å². The molecule has 1 aliphatic heterocycles. The van der Waals surface area contributed by atoms with Gasteiger partial charge in [0, 0.05) is 43.9 Å². The number of phenols is 1. The van der Waals surface area contributed by atoms with Crippen molar-refractivity contribution < 1.29 is 9.90 Å². The Bertz CT molecular complexity index is 1010. The maximum Gasteiger partial charge on any atom is 0.269 e. The summed E-state index contributed by atoms with van der Waals surface area (Å²) >= 11 is 0. The molecule has 4 N–H and O–H groups in total. The maximum absolute atomic E-state index is 11.9. The van der Waals surface area contributed by atoms with Crippen LogP contribution in [0.4, 0.5) is 0 Å². The molecule has 1 fully saturated rings. The fourth-order valence-electron chi connectivity index (χ4n) is 3.53. The molecule has 0 aliphatic carbocycles. The molecule has 0 bridgehead atoms. The second-order valence-electron chi connectivity index (χ2n) is 7.10. The molecule has 29 heavy (non-hydrogen) atoms. The lowest BCUT2D eigenvalue weighted by molar-refractivity contribution is 0.0995. The van der Waals surface area contributed by atoms with E-state index in [1.165, 1.54) is 5.56 Å². The molecule has 1 amide bonds. The van der Waals surface area contributed by atoms with Gasteiger partial charge in [-0.2, -0.15) is 0 Å². The Morgan fingerprint density at radius 2 is 1.76 bits per heavy atom. The number of nitrogens with zero attached hydrogens (tertiary/aromatic N) is 3. The largest absolute Gasteiger partial charge is 0.507 e. The maximum atomic E-state index is 11.9. The molecule has 2 heterocycles. The van der Waals surface area contributed by atoms with Crippen molar-refractivity contribution in [2.75, 3.05) is 26.2 Å². The van der Waals surface area contributed by atoms with E-state index in [2.05, 4.69) is 32.5 Å². The quantitative estimate of drug-likeness (QED) is 0.617. The van der Waals surface area contributed by atoms with Crippen LogP contribution in [-0.4, -0.2) is 52.3 Å². The summed E-state index contributed by atoms with van der Waals surface area (Å²) in [5.41, 5.74) is 9.29. The fraction of sp³-hybridized carbons (Fsp3) is 0.227. The van der Waals surface area contributed by atoms with E-state index in [9.17, 15) is 9.90 Å². The highest BCUT2D eigenvalue weighted by atomic mass is 16.3. The van der Waals surface area contributed by atoms with Gasteiger partial charge >= 0.3 is 0 Å². The normalized spacial score (nSPS) is 14.6. The number of rotatable bonds is 5. The average molecular weight is 389 g/mol. The second kappa shape index (κ2) is 8.38. The van der Waals surface area contributed by atoms with Crippen molar-refractivity contribution in [3.05, 3.63) is 65.9 Å². The molecule has 1 aromatic heterocycles. The molecule has 3 aromatic rings. The summed E-state index contributed by atoms with van der Waals surface area (Å²) in [6, 6.07) is 16.7. The van der Waals surface area contributed by atoms with Gasteiger partial charge in [-0.25, -0.2) is 0 Å². The summed E-state index contributed by atoms with van der Waals surface area (Å²) in [5, 5.41) is 21.6. The molecular formula is C22H23N5O2. The van der Waals surface area contributed by atoms with Gasteiger partial charge < -0.3 is 16.2 Å². The van der Waals surface area contributed by atoms with Crippen LogP contribution in [-0.2, 0) is 6.54 Å². The first kappa shape index (κ1) is 19.0. The third-order valence-electron chi connectivity index (χ3n) is 5.09. The zero-order valence-corrected chi connectivity index (χ0v) is 16.0. The van der Waals surface area contributed by atoms with Gasteiger partial charge in [-0.05, 0) is 29.3 Å². The van der Waals surface area contributed by atoms with Crippen molar-refractivity contribution in [3.63, 3.8) is 0 Å². The first-order valence-electron chi connectivity index (χ1n) is 9.60. The van der Waals surface area contributed by atoms with E-state index in [1.54, 1.807) is 24.3 Å². The lowest BCUT2D eigenvalue weighted by atomic mass is 10.00. The van der Waals surface area contributed by atoms with E-state index < -0.39 is 5.91 Å². The van der Waals surface area contributed by atoms with Crippen LogP contribution in [0, 0.1) is 0 Å². The Morgan fingerprint density at radius 3 is 2.45 bits per heavy atom. The standard InChI is InChI=1S/C22H23N5O2/c23-22(29)21-18(13-19(25-26-21)17-3-1-2-4-20(17)28)16-7-5-15(6-8-16)14-27-11-9-24-10-12-27/h1-8,13,24,28H,9-12,14H2,(H2,23,29). The topological polar surface area (TPSA) is 104 Å². The summed E-state index contributed by atoms with van der Waals surface area (Å²) in [5.74, 6) is -0.535. The van der Waals surface area contributed by atoms with Crippen molar-refractivity contribution in [3.8, 4) is 28.1 Å². The number of aromatic hydroxyl groups is 1. The van der Waals surface area contributed by atoms with Crippen LogP contribution < -0.4 is 11.1 Å². The molecule has 0 radical (unpaired) electrons. The predicted molar refractivity (Wildman–Crippen MR) is 111 cm³/mol. The van der Waals surface area contributed by atoms with Crippen LogP contribution in [0.2, 0.25) is 0 Å². The highest BCUT2D eigenvalue weighted by molar-refractivity contribution is 5.98. The Morgan fingerprint density at radius 1 is 1.03 bits per heavy atom. The number of aromatic nitrogens is 2. The van der Waals surface area contributed by atoms with Crippen molar-refractivity contribution >= 4 is 5.91 Å². The molecule has 0 atom stereocenters. The molecule has 1 aliphatic rings. The number of carbonyl (C=O) groups excluding carboxylic acids is 1. The first-order valence-corrected chi connectivity index (χ1v) is 9.60. The number of nitrogens with one attached hydrogen (secondary N) is 1. The number of benzene rings is 2. The van der Waals surface area contributed by atoms with Crippen molar-refractivity contribution in [1.82, 2.24) is 20.4 Å². The summed E-state index contributed by atoms with van der Waals surface area (Å²) < 4.78 is 0. The average Bonchev–Trinajstić information content (AvgIpc) is 2.75. The highest BCUT2D eigenvalue weighted by Crippen LogP contribution is 2.31. The lowest BCUT2D eigenvalue weighted by Crippen LogP contribution is -2.42. The van der Waals surface area contributed by atoms with E-state index in [-0.39, 0.29) is 11.4 Å². The number of primary amides is 1. The molecule has 0 spiro atoms. The van der Waals surface area contributed by atoms with Crippen LogP contribution >= 0.6 is 0 Å². The van der Waals surface area contributed by atoms with Crippen molar-refractivity contribution in [2.45, 2.75) is 6.54 Å². The molecule has 4 rings (SSSR count). The van der Waals surface area contributed by atoms with Gasteiger partial charge in [0.1, 0.15) is 5.75 Å². The predicted octanol–water partition coefficient (Wildman–Crippen LogP) is 2.02. The molecule has 2 aromatic carbocycles. The third-order valence-corrected chi connectivity index (χ3v) is 5.09. The molecule has 148 valence electrons. The van der Waals surface area contributed by atoms with E-state index in [4.69, 9.17) is 5.73 Å². The monoisotopic (exact) mass is 389 g/mol. The Balaban J connectivity index is 1.66. The number of piperazine rings is 1. The van der Waals surface area contributed by atoms with E-state index in [0.717, 1.165) is 38.3 Å². The summed E-state index contributed by atoms with van der Waals surface area (Å²) in [6.07, 6.45) is 0. The van der Waals surface area contributed by atoms with Gasteiger partial charge in [-0.15, -0.1) is 10.2 Å². The lowest BCUT2D eigenvalue weighted by Gasteiger charge is -2.27. The third kappa shape index (κ3) is 4.26. The molecule has 0 unspecified atom stereocenters. The number of hydrogen-bond acceptors (Lipinski definition) is 6. The minimum Gasteiger partial charge on any atom is -0.507 e. The number of para-hydroxylation sites is 1. The number of hydrogen-bond donors (Lipinski definition) is 3. The molecule has 7 heteroatoms. The second-order valence-corrected chi connectivity index (χ2v) is 7.10. The van der Waals surface area contributed by atoms with E-state index in [1.807, 2.05) is 18.2 Å². The van der Waals surface area contributed by atoms with Crippen molar-refractivity contribution in [2.24, 2.45) is 5.73 Å². The molecule has 0 saturated carbocycles. The Hall–Kier alpha value is -3.29. The van der Waals surface area contributed by atoms with Crippen LogP contribution in [0.5, 0.6) is 5.75 Å². The van der Waals surface area contributed by atoms with Crippen LogP contribution in [0.3, 0.4) is 0 Å². The Labute approximate surface area is 169 Å². The van der Waals surface area contributed by atoms with Gasteiger partial charge in [0.15, 0.2) is 5.69 Å². The zero-order chi connectivity index (χ0) is 20.2. The van der Waals surface area contributed by atoms with Crippen LogP contribution in [0.25, 0.3) is 22.4 Å². The fourth-order valence-corrected chi connectivity index (χ4v) is 3.53. The number of nitrogens with two attached hydrogens (primary N) is 1. The van der Waals surface area contributed by atoms with Crippen LogP contribution in [0.1, 0.15) is 16.1 Å². The van der Waals surface area contributed by atoms with E-state index >= 15 is 0 Å². The van der Waals surface area contributed by atoms with Gasteiger partial charge in [-0.3, -0.25) is 9.69 Å². The van der Waals surface area contributed by atoms with Crippen molar-refractivity contribution in [1.29, 1.82) is 0 Å². The van der Waals surface area contributed by atoms with E-state index in [0.29, 0.717) is 16.8 Å². The summed E-state index contributed by atoms with van der Waals surface area (Å²) in [4.78, 5) is 14.3. The van der Waals surface area contributed by atoms with Gasteiger partial charge in [0.2, 0.25) is 0 Å². The summed E-state index contributed by atoms with van der Waals surface area (Å²) in [7, 11) is 0. The minimum atomic E-state index is -0.638. The zero-order valence-electron chi connectivity index (χ0n) is 16.0. The smallest absolute Gasteiger partial charge is 0.269 e. The number of amides is 1. The Kier molecular flexibility index (Phi) is 5.50. The highest BCUT2D eigenvalue weighted by Gasteiger charge is 2.17. The van der Waals surface area contributed by atoms with Gasteiger partial charge in [0.05, 0.1) is 5.69 Å². The number of carbonyl (C=O) groups is 1. The minimum absolute atomic E-state index is 0.103.